The van der Waals surface area contributed by atoms with E-state index in [1.807, 2.05) is 30.3 Å². The Morgan fingerprint density at radius 2 is 2.14 bits per heavy atom. The van der Waals surface area contributed by atoms with Crippen LogP contribution >= 0.6 is 0 Å². The third-order valence-electron chi connectivity index (χ3n) is 1.61. The molecule has 0 heterocycles. The summed E-state index contributed by atoms with van der Waals surface area (Å²) in [5.41, 5.74) is 1.04. The fraction of sp³-hybridized carbons (Fsp3) is 0.182. The van der Waals surface area contributed by atoms with Gasteiger partial charge in [0, 0.05) is 6.54 Å². The molecule has 0 aromatic heterocycles. The first kappa shape index (κ1) is 10.3. The van der Waals surface area contributed by atoms with Gasteiger partial charge in [-0.25, -0.2) is 4.79 Å². The summed E-state index contributed by atoms with van der Waals surface area (Å²) in [7, 11) is 0. The van der Waals surface area contributed by atoms with E-state index in [2.05, 4.69) is 11.9 Å². The molecule has 3 heteroatoms. The molecule has 1 rings (SSSR count). The van der Waals surface area contributed by atoms with Gasteiger partial charge >= 0.3 is 6.09 Å². The number of carbonyl (C=O) groups is 1. The highest BCUT2D eigenvalue weighted by Gasteiger charge is 1.98. The van der Waals surface area contributed by atoms with Crippen LogP contribution in [0, 0.1) is 0 Å². The first-order valence-electron chi connectivity index (χ1n) is 4.38. The molecule has 74 valence electrons. The van der Waals surface area contributed by atoms with Crippen molar-refractivity contribution in [2.24, 2.45) is 0 Å². The average molecular weight is 190 g/mol. The molecule has 0 saturated carbocycles. The molecule has 0 spiro atoms. The molecule has 1 N–H and O–H groups in total. The number of hydrogen-bond acceptors (Lipinski definition) is 2. The number of carbonyl (C=O) groups excluding carboxylic acids is 1. The summed E-state index contributed by atoms with van der Waals surface area (Å²) in [5, 5.41) is 2.62. The van der Waals surface area contributed by atoms with E-state index in [-0.39, 0.29) is 6.61 Å². The molecule has 0 aliphatic heterocycles. The van der Waals surface area contributed by atoms with E-state index in [1.54, 1.807) is 0 Å². The van der Waals surface area contributed by atoms with Crippen LogP contribution in [0.4, 0.5) is 4.79 Å². The third kappa shape index (κ3) is 3.76. The molecule has 14 heavy (non-hydrogen) atoms. The lowest BCUT2D eigenvalue weighted by Crippen LogP contribution is -2.23. The molecule has 0 unspecified atom stereocenters. The highest BCUT2D eigenvalue weighted by atomic mass is 16.5. The van der Waals surface area contributed by atoms with Crippen molar-refractivity contribution in [3.05, 3.63) is 48.6 Å². The van der Waals surface area contributed by atoms with Crippen molar-refractivity contribution < 1.29 is 9.53 Å². The molecule has 1 aromatic rings. The van der Waals surface area contributed by atoms with E-state index in [9.17, 15) is 4.79 Å². The van der Waals surface area contributed by atoms with Crippen LogP contribution in [-0.4, -0.2) is 12.7 Å². The highest BCUT2D eigenvalue weighted by molar-refractivity contribution is 5.67. The van der Waals surface area contributed by atoms with Gasteiger partial charge in [-0.15, -0.1) is 0 Å². The minimum atomic E-state index is -0.422. The predicted octanol–water partition coefficient (Wildman–Crippen LogP) is 2.10. The summed E-state index contributed by atoms with van der Waals surface area (Å²) in [5.74, 6) is 0. The second-order valence-corrected chi connectivity index (χ2v) is 2.73. The summed E-state index contributed by atoms with van der Waals surface area (Å²) in [4.78, 5) is 11.0. The normalized spacial score (nSPS) is 9.14. The van der Waals surface area contributed by atoms with Gasteiger partial charge in [0.15, 0.2) is 0 Å². The summed E-state index contributed by atoms with van der Waals surface area (Å²) < 4.78 is 4.74. The largest absolute Gasteiger partial charge is 0.445 e. The van der Waals surface area contributed by atoms with Gasteiger partial charge < -0.3 is 10.1 Å². The number of amides is 1. The molecule has 0 fully saturated rings. The maximum atomic E-state index is 11.0. The lowest BCUT2D eigenvalue weighted by molar-refractivity contribution is 0.158. The maximum absolute atomic E-state index is 11.0. The molecule has 1 amide bonds. The molecule has 0 atom stereocenters. The Morgan fingerprint density at radius 1 is 1.43 bits per heavy atom. The molecule has 0 bridgehead atoms. The zero-order valence-electron chi connectivity index (χ0n) is 7.90. The van der Waals surface area contributed by atoms with Gasteiger partial charge in [-0.3, -0.25) is 0 Å². The van der Waals surface area contributed by atoms with Crippen LogP contribution < -0.4 is 5.32 Å². The first-order chi connectivity index (χ1) is 6.83. The van der Waals surface area contributed by atoms with Gasteiger partial charge in [-0.1, -0.05) is 43.0 Å². The summed E-state index contributed by atoms with van der Waals surface area (Å²) in [6.45, 7) is 4.17. The number of rotatable bonds is 4. The summed E-state index contributed by atoms with van der Waals surface area (Å²) in [6, 6.07) is 9.65. The Labute approximate surface area is 83.4 Å². The van der Waals surface area contributed by atoms with Crippen molar-refractivity contribution in [3.8, 4) is 0 Å². The zero-order valence-corrected chi connectivity index (χ0v) is 7.90. The quantitative estimate of drug-likeness (QED) is 0.738. The van der Waals surface area contributed by atoms with Gasteiger partial charge in [0.25, 0.3) is 0 Å². The Bertz CT molecular complexity index is 295. The standard InChI is InChI=1S/C11H13NO2/c1-2-8-14-11(13)12-9-10-6-4-3-5-7-10/h2-7H,1,8-9H2,(H,12,13)/i11-1. The van der Waals surface area contributed by atoms with Crippen LogP contribution in [0.2, 0.25) is 0 Å². The fourth-order valence-corrected chi connectivity index (χ4v) is 0.956. The lowest BCUT2D eigenvalue weighted by Gasteiger charge is -2.04. The maximum Gasteiger partial charge on any atom is 0.407 e. The van der Waals surface area contributed by atoms with Crippen LogP contribution in [0.1, 0.15) is 5.56 Å². The Kier molecular flexibility index (Phi) is 4.27. The summed E-state index contributed by atoms with van der Waals surface area (Å²) >= 11 is 0. The van der Waals surface area contributed by atoms with Crippen molar-refractivity contribution in [2.75, 3.05) is 6.61 Å². The average Bonchev–Trinajstić information content (AvgIpc) is 2.25. The van der Waals surface area contributed by atoms with Gasteiger partial charge in [0.2, 0.25) is 0 Å². The highest BCUT2D eigenvalue weighted by Crippen LogP contribution is 1.97. The first-order valence-corrected chi connectivity index (χ1v) is 4.38. The number of benzene rings is 1. The number of nitrogens with one attached hydrogen (secondary N) is 1. The lowest BCUT2D eigenvalue weighted by atomic mass is 10.2. The number of alkyl carbamates (subject to hydrolysis) is 1. The predicted molar refractivity (Wildman–Crippen MR) is 54.8 cm³/mol. The van der Waals surface area contributed by atoms with E-state index >= 15 is 0 Å². The van der Waals surface area contributed by atoms with Crippen molar-refractivity contribution in [2.45, 2.75) is 6.54 Å². The van der Waals surface area contributed by atoms with Gasteiger partial charge in [0.1, 0.15) is 6.61 Å². The van der Waals surface area contributed by atoms with Crippen molar-refractivity contribution in [1.82, 2.24) is 5.32 Å². The van der Waals surface area contributed by atoms with E-state index in [0.717, 1.165) is 5.56 Å². The second-order valence-electron chi connectivity index (χ2n) is 2.73. The Hall–Kier alpha value is -1.77. The second kappa shape index (κ2) is 5.80. The van der Waals surface area contributed by atoms with E-state index in [0.29, 0.717) is 6.54 Å². The van der Waals surface area contributed by atoms with Gasteiger partial charge in [0.05, 0.1) is 0 Å². The molecule has 1 aromatic carbocycles. The van der Waals surface area contributed by atoms with Gasteiger partial charge in [-0.2, -0.15) is 0 Å². The smallest absolute Gasteiger partial charge is 0.407 e. The summed E-state index contributed by atoms with van der Waals surface area (Å²) in [6.07, 6.45) is 1.11. The monoisotopic (exact) mass is 190 g/mol. The Morgan fingerprint density at radius 3 is 2.79 bits per heavy atom. The Balaban J connectivity index is 2.27. The molecule has 0 radical (unpaired) electrons. The van der Waals surface area contributed by atoms with Crippen LogP contribution in [0.3, 0.4) is 0 Å². The number of ether oxygens (including phenoxy) is 1. The molecule has 3 nitrogen and oxygen atoms in total. The van der Waals surface area contributed by atoms with Crippen LogP contribution in [0.5, 0.6) is 0 Å². The van der Waals surface area contributed by atoms with Crippen molar-refractivity contribution in [3.63, 3.8) is 0 Å². The zero-order chi connectivity index (χ0) is 10.2. The molecular weight excluding hydrogens is 177 g/mol. The fourth-order valence-electron chi connectivity index (χ4n) is 0.956. The van der Waals surface area contributed by atoms with E-state index in [1.165, 1.54) is 6.08 Å². The molecule has 0 saturated heterocycles. The van der Waals surface area contributed by atoms with Crippen LogP contribution in [0.15, 0.2) is 43.0 Å². The van der Waals surface area contributed by atoms with Crippen LogP contribution in [0.25, 0.3) is 0 Å². The molecule has 0 aliphatic carbocycles. The van der Waals surface area contributed by atoms with Crippen molar-refractivity contribution in [1.29, 1.82) is 0 Å². The van der Waals surface area contributed by atoms with Gasteiger partial charge in [-0.05, 0) is 5.56 Å². The minimum absolute atomic E-state index is 0.237. The van der Waals surface area contributed by atoms with E-state index < -0.39 is 6.09 Å². The molecule has 0 aliphatic rings. The SMILES string of the molecule is C=CCO[11C](=O)NCc1ccccc1. The van der Waals surface area contributed by atoms with Crippen LogP contribution in [-0.2, 0) is 11.3 Å². The minimum Gasteiger partial charge on any atom is -0.445 e. The number of hydrogen-bond donors (Lipinski definition) is 1. The topological polar surface area (TPSA) is 38.3 Å². The third-order valence-corrected chi connectivity index (χ3v) is 1.61. The molecular formula is C11H13NO2. The van der Waals surface area contributed by atoms with E-state index in [4.69, 9.17) is 4.74 Å². The van der Waals surface area contributed by atoms with Crippen molar-refractivity contribution >= 4 is 6.09 Å².